The first-order valence-electron chi connectivity index (χ1n) is 11.4. The summed E-state index contributed by atoms with van der Waals surface area (Å²) in [5.41, 5.74) is 0.320. The van der Waals surface area contributed by atoms with Crippen molar-refractivity contribution in [2.45, 2.75) is 65.6 Å². The van der Waals surface area contributed by atoms with Gasteiger partial charge in [-0.05, 0) is 40.0 Å². The van der Waals surface area contributed by atoms with Gasteiger partial charge in [0.15, 0.2) is 5.82 Å². The molecule has 3 amide bonds. The van der Waals surface area contributed by atoms with Gasteiger partial charge < -0.3 is 24.0 Å². The van der Waals surface area contributed by atoms with E-state index in [1.807, 2.05) is 30.6 Å². The highest BCUT2D eigenvalue weighted by atomic mass is 16.5. The number of imidazole rings is 1. The number of amides is 3. The molecule has 0 unspecified atom stereocenters. The zero-order chi connectivity index (χ0) is 22.5. The summed E-state index contributed by atoms with van der Waals surface area (Å²) in [5, 5.41) is 0. The summed E-state index contributed by atoms with van der Waals surface area (Å²) in [6.07, 6.45) is 4.08. The van der Waals surface area contributed by atoms with Crippen molar-refractivity contribution in [3.8, 4) is 0 Å². The molecule has 9 heteroatoms. The molecular weight excluding hydrogens is 398 g/mol. The normalized spacial score (nSPS) is 17.3. The van der Waals surface area contributed by atoms with E-state index in [9.17, 15) is 14.4 Å². The van der Waals surface area contributed by atoms with E-state index in [0.717, 1.165) is 19.3 Å². The first kappa shape index (κ1) is 23.2. The molecule has 172 valence electrons. The summed E-state index contributed by atoms with van der Waals surface area (Å²) in [4.78, 5) is 47.6. The van der Waals surface area contributed by atoms with Crippen LogP contribution in [0.25, 0.3) is 0 Å². The molecule has 0 saturated carbocycles. The number of hydrogen-bond donors (Lipinski definition) is 0. The number of likely N-dealkylation sites (tertiary alicyclic amines) is 1. The molecule has 2 aliphatic rings. The van der Waals surface area contributed by atoms with Crippen molar-refractivity contribution in [2.75, 3.05) is 39.3 Å². The van der Waals surface area contributed by atoms with Gasteiger partial charge in [0.1, 0.15) is 5.69 Å². The molecule has 0 spiro atoms. The molecule has 0 N–H and O–H groups in total. The molecule has 2 aliphatic heterocycles. The smallest absolute Gasteiger partial charge is 0.289 e. The fourth-order valence-electron chi connectivity index (χ4n) is 4.28. The topological polar surface area (TPSA) is 88.0 Å². The minimum absolute atomic E-state index is 0.0451. The number of nitrogens with zero attached hydrogens (tertiary/aromatic N) is 5. The summed E-state index contributed by atoms with van der Waals surface area (Å²) in [6.45, 7) is 11.9. The number of fused-ring (bicyclic) bond motifs is 1. The maximum Gasteiger partial charge on any atom is 0.289 e. The van der Waals surface area contributed by atoms with Crippen molar-refractivity contribution < 1.29 is 19.1 Å². The second-order valence-corrected chi connectivity index (χ2v) is 8.54. The Labute approximate surface area is 184 Å². The molecule has 0 bridgehead atoms. The molecule has 0 aromatic carbocycles. The van der Waals surface area contributed by atoms with Crippen LogP contribution in [0.15, 0.2) is 6.20 Å². The molecule has 1 saturated heterocycles. The fraction of sp³-hybridized carbons (Fsp3) is 0.727. The predicted molar refractivity (Wildman–Crippen MR) is 116 cm³/mol. The Morgan fingerprint density at radius 3 is 2.55 bits per heavy atom. The minimum atomic E-state index is -0.149. The predicted octanol–water partition coefficient (Wildman–Crippen LogP) is 1.63. The number of carbonyl (C=O) groups excluding carboxylic acids is 3. The quantitative estimate of drug-likeness (QED) is 0.582. The lowest BCUT2D eigenvalue weighted by atomic mass is 10.0. The van der Waals surface area contributed by atoms with E-state index in [1.54, 1.807) is 22.6 Å². The van der Waals surface area contributed by atoms with Gasteiger partial charge in [-0.1, -0.05) is 0 Å². The van der Waals surface area contributed by atoms with Gasteiger partial charge in [-0.15, -0.1) is 0 Å². The Morgan fingerprint density at radius 2 is 1.94 bits per heavy atom. The van der Waals surface area contributed by atoms with Gasteiger partial charge in [0, 0.05) is 65.0 Å². The highest BCUT2D eigenvalue weighted by Crippen LogP contribution is 2.21. The van der Waals surface area contributed by atoms with Gasteiger partial charge in [0.25, 0.3) is 11.8 Å². The third-order valence-corrected chi connectivity index (χ3v) is 6.07. The third kappa shape index (κ3) is 5.44. The Hall–Kier alpha value is -2.42. The zero-order valence-corrected chi connectivity index (χ0v) is 19.2. The van der Waals surface area contributed by atoms with E-state index in [2.05, 4.69) is 4.98 Å². The van der Waals surface area contributed by atoms with Crippen LogP contribution in [-0.2, 0) is 16.1 Å². The molecule has 1 fully saturated rings. The van der Waals surface area contributed by atoms with E-state index >= 15 is 0 Å². The second kappa shape index (κ2) is 10.3. The first-order valence-corrected chi connectivity index (χ1v) is 11.4. The molecule has 0 atom stereocenters. The van der Waals surface area contributed by atoms with Crippen LogP contribution in [0, 0.1) is 0 Å². The third-order valence-electron chi connectivity index (χ3n) is 6.07. The van der Waals surface area contributed by atoms with E-state index < -0.39 is 0 Å². The van der Waals surface area contributed by atoms with Crippen LogP contribution < -0.4 is 0 Å². The van der Waals surface area contributed by atoms with Gasteiger partial charge in [0.05, 0.1) is 6.10 Å². The Morgan fingerprint density at radius 1 is 1.23 bits per heavy atom. The molecule has 0 aliphatic carbocycles. The van der Waals surface area contributed by atoms with Crippen molar-refractivity contribution in [2.24, 2.45) is 0 Å². The number of aromatic nitrogens is 2. The molecule has 1 aromatic rings. The van der Waals surface area contributed by atoms with Crippen LogP contribution in [-0.4, -0.2) is 93.4 Å². The molecule has 0 radical (unpaired) electrons. The van der Waals surface area contributed by atoms with E-state index in [4.69, 9.17) is 4.74 Å². The van der Waals surface area contributed by atoms with Gasteiger partial charge in [-0.2, -0.15) is 0 Å². The van der Waals surface area contributed by atoms with Gasteiger partial charge in [0.2, 0.25) is 5.91 Å². The summed E-state index contributed by atoms with van der Waals surface area (Å²) < 4.78 is 7.45. The van der Waals surface area contributed by atoms with E-state index in [0.29, 0.717) is 57.4 Å². The maximum atomic E-state index is 13.5. The minimum Gasteiger partial charge on any atom is -0.379 e. The summed E-state index contributed by atoms with van der Waals surface area (Å²) in [7, 11) is 0. The van der Waals surface area contributed by atoms with Crippen LogP contribution in [0.2, 0.25) is 0 Å². The molecule has 3 rings (SSSR count). The lowest BCUT2D eigenvalue weighted by Gasteiger charge is -2.38. The molecular formula is C22H35N5O4. The van der Waals surface area contributed by atoms with Gasteiger partial charge >= 0.3 is 0 Å². The van der Waals surface area contributed by atoms with Crippen molar-refractivity contribution in [3.63, 3.8) is 0 Å². The summed E-state index contributed by atoms with van der Waals surface area (Å²) in [6, 6.07) is 0.0451. The van der Waals surface area contributed by atoms with Crippen molar-refractivity contribution in [3.05, 3.63) is 17.7 Å². The number of carbonyl (C=O) groups is 3. The number of likely N-dealkylation sites (N-methyl/N-ethyl adjacent to an activating group) is 1. The van der Waals surface area contributed by atoms with Crippen LogP contribution in [0.3, 0.4) is 0 Å². The average Bonchev–Trinajstić information content (AvgIpc) is 3.19. The average molecular weight is 434 g/mol. The van der Waals surface area contributed by atoms with Crippen LogP contribution in [0.5, 0.6) is 0 Å². The zero-order valence-electron chi connectivity index (χ0n) is 19.2. The fourth-order valence-corrected chi connectivity index (χ4v) is 4.28. The Bertz CT molecular complexity index is 798. The standard InChI is InChI=1S/C22H35N5O4/c1-5-24-12-13-26-15-19(23-20(26)22(24)30)21(29)27(9-6-14-31-16(2)3)18-7-10-25(11-8-18)17(4)28/h15-16,18H,5-14H2,1-4H3. The Balaban J connectivity index is 1.74. The summed E-state index contributed by atoms with van der Waals surface area (Å²) in [5.74, 6) is 0.136. The van der Waals surface area contributed by atoms with Crippen LogP contribution in [0.1, 0.15) is 68.1 Å². The first-order chi connectivity index (χ1) is 14.8. The van der Waals surface area contributed by atoms with Crippen LogP contribution in [0.4, 0.5) is 0 Å². The maximum absolute atomic E-state index is 13.5. The highest BCUT2D eigenvalue weighted by Gasteiger charge is 2.33. The SMILES string of the molecule is CCN1CCn2cc(C(=O)N(CCCOC(C)C)C3CCN(C(C)=O)CC3)nc2C1=O. The number of ether oxygens (including phenoxy) is 1. The van der Waals surface area contributed by atoms with Crippen molar-refractivity contribution >= 4 is 17.7 Å². The number of piperidine rings is 1. The molecule has 9 nitrogen and oxygen atoms in total. The monoisotopic (exact) mass is 433 g/mol. The van der Waals surface area contributed by atoms with E-state index in [1.165, 1.54) is 0 Å². The molecule has 1 aromatic heterocycles. The van der Waals surface area contributed by atoms with Crippen LogP contribution >= 0.6 is 0 Å². The lowest BCUT2D eigenvalue weighted by molar-refractivity contribution is -0.130. The summed E-state index contributed by atoms with van der Waals surface area (Å²) >= 11 is 0. The van der Waals surface area contributed by atoms with E-state index in [-0.39, 0.29) is 29.9 Å². The van der Waals surface area contributed by atoms with Crippen molar-refractivity contribution in [1.29, 1.82) is 0 Å². The number of hydrogen-bond acceptors (Lipinski definition) is 5. The molecule has 31 heavy (non-hydrogen) atoms. The van der Waals surface area contributed by atoms with Crippen molar-refractivity contribution in [1.82, 2.24) is 24.3 Å². The second-order valence-electron chi connectivity index (χ2n) is 8.54. The Kier molecular flexibility index (Phi) is 7.69. The van der Waals surface area contributed by atoms with Gasteiger partial charge in [-0.25, -0.2) is 4.98 Å². The molecule has 3 heterocycles. The van der Waals surface area contributed by atoms with Gasteiger partial charge in [-0.3, -0.25) is 14.4 Å². The largest absolute Gasteiger partial charge is 0.379 e. The lowest BCUT2D eigenvalue weighted by Crippen LogP contribution is -2.49. The number of rotatable bonds is 8. The highest BCUT2D eigenvalue weighted by molar-refractivity contribution is 5.96.